The predicted molar refractivity (Wildman–Crippen MR) is 95.7 cm³/mol. The number of halogens is 3. The number of hydrogen-bond donors (Lipinski definition) is 1. The van der Waals surface area contributed by atoms with E-state index in [0.717, 1.165) is 30.0 Å². The maximum Gasteiger partial charge on any atom is 0.416 e. The van der Waals surface area contributed by atoms with Crippen molar-refractivity contribution in [3.8, 4) is 0 Å². The van der Waals surface area contributed by atoms with Crippen LogP contribution in [-0.4, -0.2) is 32.1 Å². The van der Waals surface area contributed by atoms with Crippen molar-refractivity contribution in [1.29, 1.82) is 0 Å². The number of carbonyl (C=O) groups is 2. The molecule has 2 rings (SSSR count). The summed E-state index contributed by atoms with van der Waals surface area (Å²) in [6, 6.07) is 10.7. The zero-order chi connectivity index (χ0) is 20.2. The Kier molecular flexibility index (Phi) is 6.09. The van der Waals surface area contributed by atoms with E-state index in [2.05, 4.69) is 5.32 Å². The summed E-state index contributed by atoms with van der Waals surface area (Å²) in [4.78, 5) is 26.1. The third kappa shape index (κ3) is 5.47. The zero-order valence-corrected chi connectivity index (χ0v) is 15.0. The molecule has 1 atom stereocenters. The van der Waals surface area contributed by atoms with Gasteiger partial charge in [-0.25, -0.2) is 4.79 Å². The fourth-order valence-corrected chi connectivity index (χ4v) is 2.18. The normalized spacial score (nSPS) is 12.2. The van der Waals surface area contributed by atoms with E-state index in [9.17, 15) is 22.8 Å². The molecule has 0 aliphatic carbocycles. The Bertz CT molecular complexity index is 818. The number of amides is 1. The number of nitrogens with one attached hydrogen (secondary N) is 1. The highest BCUT2D eigenvalue weighted by Crippen LogP contribution is 2.29. The van der Waals surface area contributed by atoms with Crippen molar-refractivity contribution >= 4 is 23.3 Å². The van der Waals surface area contributed by atoms with Gasteiger partial charge < -0.3 is 15.0 Å². The lowest BCUT2D eigenvalue weighted by atomic mass is 10.2. The zero-order valence-electron chi connectivity index (χ0n) is 15.0. The molecule has 0 aliphatic rings. The second-order valence-electron chi connectivity index (χ2n) is 6.06. The molecule has 27 heavy (non-hydrogen) atoms. The molecule has 0 aromatic heterocycles. The van der Waals surface area contributed by atoms with Crippen LogP contribution in [0.3, 0.4) is 0 Å². The van der Waals surface area contributed by atoms with Gasteiger partial charge in [0, 0.05) is 25.5 Å². The highest BCUT2D eigenvalue weighted by molar-refractivity contribution is 5.97. The number of benzene rings is 2. The summed E-state index contributed by atoms with van der Waals surface area (Å²) in [7, 11) is 3.65. The van der Waals surface area contributed by atoms with Crippen LogP contribution in [0.4, 0.5) is 24.5 Å². The van der Waals surface area contributed by atoms with Gasteiger partial charge in [0.2, 0.25) is 0 Å². The third-order valence-corrected chi connectivity index (χ3v) is 3.73. The average Bonchev–Trinajstić information content (AvgIpc) is 2.61. The molecule has 0 saturated heterocycles. The van der Waals surface area contributed by atoms with Crippen LogP contribution in [0.5, 0.6) is 0 Å². The Hall–Kier alpha value is -3.03. The van der Waals surface area contributed by atoms with E-state index in [-0.39, 0.29) is 11.3 Å². The number of carbonyl (C=O) groups excluding carboxylic acids is 2. The minimum Gasteiger partial charge on any atom is -0.449 e. The maximum atomic E-state index is 12.5. The minimum atomic E-state index is -4.45. The molecule has 0 saturated carbocycles. The van der Waals surface area contributed by atoms with Crippen LogP contribution in [0.25, 0.3) is 0 Å². The fraction of sp³-hybridized carbons (Fsp3) is 0.263. The first kappa shape index (κ1) is 20.3. The Morgan fingerprint density at radius 1 is 1.07 bits per heavy atom. The number of ether oxygens (including phenoxy) is 1. The number of hydrogen-bond acceptors (Lipinski definition) is 4. The molecule has 0 aliphatic heterocycles. The van der Waals surface area contributed by atoms with Gasteiger partial charge in [-0.1, -0.05) is 6.07 Å². The molecule has 0 spiro atoms. The summed E-state index contributed by atoms with van der Waals surface area (Å²) in [5.74, 6) is -1.32. The van der Waals surface area contributed by atoms with Gasteiger partial charge in [0.05, 0.1) is 11.1 Å². The summed E-state index contributed by atoms with van der Waals surface area (Å²) in [5.41, 5.74) is 0.438. The summed E-state index contributed by atoms with van der Waals surface area (Å²) in [6.07, 6.45) is -5.57. The standard InChI is InChI=1S/C19H19F3N2O3/c1-12(27-18(26)13-5-4-6-16(11-13)24(2)3)17(25)23-15-9-7-14(8-10-15)19(20,21)22/h4-12H,1-3H3,(H,23,25). The SMILES string of the molecule is CC(OC(=O)c1cccc(N(C)C)c1)C(=O)Nc1ccc(C(F)(F)F)cc1. The lowest BCUT2D eigenvalue weighted by molar-refractivity contribution is -0.137. The average molecular weight is 380 g/mol. The van der Waals surface area contributed by atoms with Crippen LogP contribution < -0.4 is 10.2 Å². The molecule has 0 fully saturated rings. The van der Waals surface area contributed by atoms with Crippen molar-refractivity contribution in [3.05, 3.63) is 59.7 Å². The van der Waals surface area contributed by atoms with Crippen molar-refractivity contribution in [2.24, 2.45) is 0 Å². The van der Waals surface area contributed by atoms with E-state index in [1.165, 1.54) is 6.92 Å². The summed E-state index contributed by atoms with van der Waals surface area (Å²) < 4.78 is 42.8. The predicted octanol–water partition coefficient (Wildman–Crippen LogP) is 3.96. The summed E-state index contributed by atoms with van der Waals surface area (Å²) >= 11 is 0. The van der Waals surface area contributed by atoms with Gasteiger partial charge in [-0.05, 0) is 49.4 Å². The lowest BCUT2D eigenvalue weighted by Crippen LogP contribution is -2.30. The first-order valence-electron chi connectivity index (χ1n) is 8.04. The minimum absolute atomic E-state index is 0.172. The Morgan fingerprint density at radius 2 is 1.70 bits per heavy atom. The van der Waals surface area contributed by atoms with Crippen molar-refractivity contribution in [3.63, 3.8) is 0 Å². The second kappa shape index (κ2) is 8.11. The number of alkyl halides is 3. The summed E-state index contributed by atoms with van der Waals surface area (Å²) in [5, 5.41) is 2.42. The van der Waals surface area contributed by atoms with E-state index in [0.29, 0.717) is 0 Å². The molecule has 2 aromatic carbocycles. The van der Waals surface area contributed by atoms with Gasteiger partial charge in [0.1, 0.15) is 0 Å². The van der Waals surface area contributed by atoms with Crippen molar-refractivity contribution in [2.45, 2.75) is 19.2 Å². The number of esters is 1. The topological polar surface area (TPSA) is 58.6 Å². The van der Waals surface area contributed by atoms with Crippen LogP contribution in [-0.2, 0) is 15.7 Å². The lowest BCUT2D eigenvalue weighted by Gasteiger charge is -2.16. The first-order chi connectivity index (χ1) is 12.6. The van der Waals surface area contributed by atoms with Crippen LogP contribution >= 0.6 is 0 Å². The molecule has 1 N–H and O–H groups in total. The fourth-order valence-electron chi connectivity index (χ4n) is 2.18. The molecule has 0 bridgehead atoms. The van der Waals surface area contributed by atoms with Crippen LogP contribution in [0.2, 0.25) is 0 Å². The molecule has 5 nitrogen and oxygen atoms in total. The van der Waals surface area contributed by atoms with E-state index in [1.807, 2.05) is 25.1 Å². The van der Waals surface area contributed by atoms with E-state index in [4.69, 9.17) is 4.74 Å². The Labute approximate surface area is 154 Å². The monoisotopic (exact) mass is 380 g/mol. The van der Waals surface area contributed by atoms with Gasteiger partial charge in [0.25, 0.3) is 5.91 Å². The molecule has 0 heterocycles. The van der Waals surface area contributed by atoms with E-state index < -0.39 is 29.7 Å². The van der Waals surface area contributed by atoms with Gasteiger partial charge in [-0.15, -0.1) is 0 Å². The molecule has 1 amide bonds. The van der Waals surface area contributed by atoms with Crippen LogP contribution in [0.15, 0.2) is 48.5 Å². The van der Waals surface area contributed by atoms with Crippen LogP contribution in [0.1, 0.15) is 22.8 Å². The molecule has 0 radical (unpaired) electrons. The van der Waals surface area contributed by atoms with E-state index >= 15 is 0 Å². The van der Waals surface area contributed by atoms with Crippen molar-refractivity contribution < 1.29 is 27.5 Å². The van der Waals surface area contributed by atoms with Gasteiger partial charge in [0.15, 0.2) is 6.10 Å². The van der Waals surface area contributed by atoms with Crippen LogP contribution in [0, 0.1) is 0 Å². The number of anilines is 2. The van der Waals surface area contributed by atoms with Crippen molar-refractivity contribution in [1.82, 2.24) is 0 Å². The Balaban J connectivity index is 1.99. The second-order valence-corrected chi connectivity index (χ2v) is 6.06. The quantitative estimate of drug-likeness (QED) is 0.798. The third-order valence-electron chi connectivity index (χ3n) is 3.73. The molecule has 8 heteroatoms. The van der Waals surface area contributed by atoms with Gasteiger partial charge in [-0.3, -0.25) is 4.79 Å². The molecular weight excluding hydrogens is 361 g/mol. The molecule has 144 valence electrons. The first-order valence-corrected chi connectivity index (χ1v) is 8.04. The smallest absolute Gasteiger partial charge is 0.416 e. The van der Waals surface area contributed by atoms with Crippen molar-refractivity contribution in [2.75, 3.05) is 24.3 Å². The molecular formula is C19H19F3N2O3. The highest BCUT2D eigenvalue weighted by atomic mass is 19.4. The van der Waals surface area contributed by atoms with Gasteiger partial charge >= 0.3 is 12.1 Å². The molecule has 2 aromatic rings. The number of nitrogens with zero attached hydrogens (tertiary/aromatic N) is 1. The maximum absolute atomic E-state index is 12.5. The van der Waals surface area contributed by atoms with E-state index in [1.54, 1.807) is 18.2 Å². The van der Waals surface area contributed by atoms with Gasteiger partial charge in [-0.2, -0.15) is 13.2 Å². The highest BCUT2D eigenvalue weighted by Gasteiger charge is 2.30. The molecule has 1 unspecified atom stereocenters. The summed E-state index contributed by atoms with van der Waals surface area (Å²) in [6.45, 7) is 1.38. The number of rotatable bonds is 5. The Morgan fingerprint density at radius 3 is 2.26 bits per heavy atom. The largest absolute Gasteiger partial charge is 0.449 e.